The number of aromatic nitrogens is 3. The minimum atomic E-state index is -0.535. The fraction of sp³-hybridized carbons (Fsp3) is 0.263. The lowest BCUT2D eigenvalue weighted by Crippen LogP contribution is -2.39. The van der Waals surface area contributed by atoms with Crippen LogP contribution in [-0.2, 0) is 0 Å². The second-order valence-corrected chi connectivity index (χ2v) is 6.56. The second kappa shape index (κ2) is 7.55. The predicted molar refractivity (Wildman–Crippen MR) is 98.5 cm³/mol. The number of rotatable bonds is 4. The molecule has 3 heterocycles. The van der Waals surface area contributed by atoms with Crippen LogP contribution in [0.15, 0.2) is 53.3 Å². The molecule has 1 fully saturated rings. The monoisotopic (exact) mass is 379 g/mol. The van der Waals surface area contributed by atoms with Gasteiger partial charge in [-0.1, -0.05) is 17.3 Å². The summed E-state index contributed by atoms with van der Waals surface area (Å²) in [5.74, 6) is 0.437. The summed E-state index contributed by atoms with van der Waals surface area (Å²) in [6.07, 6.45) is 4.87. The zero-order valence-electron chi connectivity index (χ0n) is 14.9. The van der Waals surface area contributed by atoms with E-state index in [-0.39, 0.29) is 23.1 Å². The molecule has 9 nitrogen and oxygen atoms in total. The van der Waals surface area contributed by atoms with Gasteiger partial charge in [-0.15, -0.1) is 0 Å². The normalized spacial score (nSPS) is 16.7. The van der Waals surface area contributed by atoms with E-state index in [1.165, 1.54) is 12.1 Å². The maximum absolute atomic E-state index is 12.9. The summed E-state index contributed by atoms with van der Waals surface area (Å²) in [7, 11) is 0. The average Bonchev–Trinajstić information content (AvgIpc) is 3.24. The van der Waals surface area contributed by atoms with Crippen molar-refractivity contribution < 1.29 is 14.2 Å². The third kappa shape index (κ3) is 3.46. The van der Waals surface area contributed by atoms with Crippen LogP contribution in [0.3, 0.4) is 0 Å². The smallest absolute Gasteiger partial charge is 0.282 e. The van der Waals surface area contributed by atoms with E-state index in [4.69, 9.17) is 4.52 Å². The molecule has 0 bridgehead atoms. The summed E-state index contributed by atoms with van der Waals surface area (Å²) in [5.41, 5.74) is 0.655. The first-order valence-corrected chi connectivity index (χ1v) is 8.90. The molecule has 1 aliphatic rings. The molecule has 0 radical (unpaired) electrons. The Hall–Kier alpha value is -3.62. The number of carbonyl (C=O) groups is 1. The van der Waals surface area contributed by atoms with Gasteiger partial charge in [0, 0.05) is 37.1 Å². The van der Waals surface area contributed by atoms with Gasteiger partial charge >= 0.3 is 0 Å². The molecule has 1 aromatic carbocycles. The van der Waals surface area contributed by atoms with Gasteiger partial charge in [0.05, 0.1) is 10.8 Å². The lowest BCUT2D eigenvalue weighted by Gasteiger charge is -2.30. The van der Waals surface area contributed by atoms with Gasteiger partial charge < -0.3 is 9.42 Å². The molecule has 0 unspecified atom stereocenters. The zero-order valence-corrected chi connectivity index (χ0v) is 14.9. The fourth-order valence-electron chi connectivity index (χ4n) is 3.36. The van der Waals surface area contributed by atoms with E-state index < -0.39 is 4.92 Å². The summed E-state index contributed by atoms with van der Waals surface area (Å²) >= 11 is 0. The lowest BCUT2D eigenvalue weighted by molar-refractivity contribution is -0.385. The largest absolute Gasteiger partial charge is 0.339 e. The van der Waals surface area contributed by atoms with Gasteiger partial charge in [-0.3, -0.25) is 19.9 Å². The quantitative estimate of drug-likeness (QED) is 0.505. The Kier molecular flexibility index (Phi) is 4.79. The number of carbonyl (C=O) groups excluding carboxylic acids is 1. The van der Waals surface area contributed by atoms with Crippen LogP contribution in [0, 0.1) is 10.1 Å². The molecular formula is C19H17N5O4. The van der Waals surface area contributed by atoms with Crippen LogP contribution in [0.5, 0.6) is 0 Å². The van der Waals surface area contributed by atoms with Crippen molar-refractivity contribution >= 4 is 11.6 Å². The Labute approximate surface area is 160 Å². The zero-order chi connectivity index (χ0) is 19.5. The van der Waals surface area contributed by atoms with Crippen LogP contribution in [0.25, 0.3) is 11.4 Å². The second-order valence-electron chi connectivity index (χ2n) is 6.56. The van der Waals surface area contributed by atoms with Crippen LogP contribution in [0.1, 0.15) is 35.0 Å². The SMILES string of the molecule is O=C(c1ccccc1[N+](=O)[O-])N1CCC[C@@H](c2nc(-c3cccnc3)no2)C1. The minimum absolute atomic E-state index is 0.0923. The van der Waals surface area contributed by atoms with Crippen molar-refractivity contribution in [3.63, 3.8) is 0 Å². The molecule has 3 aromatic rings. The number of nitro groups is 1. The Morgan fingerprint density at radius 3 is 2.89 bits per heavy atom. The molecule has 0 saturated carbocycles. The lowest BCUT2D eigenvalue weighted by atomic mass is 9.97. The highest BCUT2D eigenvalue weighted by Gasteiger charge is 2.31. The van der Waals surface area contributed by atoms with Crippen molar-refractivity contribution in [2.24, 2.45) is 0 Å². The van der Waals surface area contributed by atoms with Gasteiger partial charge in [0.2, 0.25) is 11.7 Å². The highest BCUT2D eigenvalue weighted by atomic mass is 16.6. The van der Waals surface area contributed by atoms with Crippen molar-refractivity contribution in [1.29, 1.82) is 0 Å². The average molecular weight is 379 g/mol. The molecule has 28 heavy (non-hydrogen) atoms. The maximum Gasteiger partial charge on any atom is 0.282 e. The van der Waals surface area contributed by atoms with Crippen molar-refractivity contribution in [3.8, 4) is 11.4 Å². The molecule has 1 saturated heterocycles. The standard InChI is InChI=1S/C19H17N5O4/c25-19(15-7-1-2-8-16(15)24(26)27)23-10-4-6-14(12-23)18-21-17(22-28-18)13-5-3-9-20-11-13/h1-3,5,7-9,11,14H,4,6,10,12H2/t14-/m1/s1. The first kappa shape index (κ1) is 17.8. The first-order valence-electron chi connectivity index (χ1n) is 8.90. The van der Waals surface area contributed by atoms with Crippen molar-refractivity contribution in [1.82, 2.24) is 20.0 Å². The van der Waals surface area contributed by atoms with Crippen LogP contribution in [-0.4, -0.2) is 43.9 Å². The maximum atomic E-state index is 12.9. The third-order valence-corrected chi connectivity index (χ3v) is 4.75. The van der Waals surface area contributed by atoms with Crippen LogP contribution in [0.2, 0.25) is 0 Å². The molecule has 142 valence electrons. The number of piperidine rings is 1. The molecule has 0 spiro atoms. The topological polar surface area (TPSA) is 115 Å². The van der Waals surface area contributed by atoms with E-state index in [9.17, 15) is 14.9 Å². The number of likely N-dealkylation sites (tertiary alicyclic amines) is 1. The predicted octanol–water partition coefficient (Wildman–Crippen LogP) is 3.06. The number of amides is 1. The van der Waals surface area contributed by atoms with Gasteiger partial charge in [-0.25, -0.2) is 0 Å². The summed E-state index contributed by atoms with van der Waals surface area (Å²) in [6, 6.07) is 9.63. The van der Waals surface area contributed by atoms with Crippen molar-refractivity contribution in [2.45, 2.75) is 18.8 Å². The number of hydrogen-bond acceptors (Lipinski definition) is 7. The van der Waals surface area contributed by atoms with Crippen molar-refractivity contribution in [2.75, 3.05) is 13.1 Å². The minimum Gasteiger partial charge on any atom is -0.339 e. The summed E-state index contributed by atoms with van der Waals surface area (Å²) < 4.78 is 5.42. The Balaban J connectivity index is 1.53. The van der Waals surface area contributed by atoms with Gasteiger partial charge in [0.15, 0.2) is 0 Å². The van der Waals surface area contributed by atoms with E-state index in [2.05, 4.69) is 15.1 Å². The first-order chi connectivity index (χ1) is 13.6. The molecule has 1 atom stereocenters. The molecule has 1 aliphatic heterocycles. The number of nitro benzene ring substituents is 1. The number of para-hydroxylation sites is 1. The van der Waals surface area contributed by atoms with E-state index in [1.54, 1.807) is 35.5 Å². The van der Waals surface area contributed by atoms with Crippen LogP contribution < -0.4 is 0 Å². The summed E-state index contributed by atoms with van der Waals surface area (Å²) in [6.45, 7) is 0.907. The fourth-order valence-corrected chi connectivity index (χ4v) is 3.36. The van der Waals surface area contributed by atoms with E-state index >= 15 is 0 Å². The van der Waals surface area contributed by atoms with Crippen molar-refractivity contribution in [3.05, 3.63) is 70.4 Å². The molecule has 1 amide bonds. The molecular weight excluding hydrogens is 362 g/mol. The number of nitrogens with zero attached hydrogens (tertiary/aromatic N) is 5. The summed E-state index contributed by atoms with van der Waals surface area (Å²) in [5, 5.41) is 15.2. The van der Waals surface area contributed by atoms with Gasteiger partial charge in [0.1, 0.15) is 5.56 Å². The van der Waals surface area contributed by atoms with Crippen LogP contribution >= 0.6 is 0 Å². The molecule has 9 heteroatoms. The molecule has 0 N–H and O–H groups in total. The van der Waals surface area contributed by atoms with Crippen LogP contribution in [0.4, 0.5) is 5.69 Å². The highest BCUT2D eigenvalue weighted by molar-refractivity contribution is 5.98. The summed E-state index contributed by atoms with van der Waals surface area (Å²) in [4.78, 5) is 33.7. The molecule has 2 aromatic heterocycles. The Bertz CT molecular complexity index is 1000. The third-order valence-electron chi connectivity index (χ3n) is 4.75. The molecule has 4 rings (SSSR count). The Morgan fingerprint density at radius 1 is 1.25 bits per heavy atom. The molecule has 0 aliphatic carbocycles. The van der Waals surface area contributed by atoms with E-state index in [1.807, 2.05) is 6.07 Å². The van der Waals surface area contributed by atoms with Gasteiger partial charge in [-0.05, 0) is 31.0 Å². The highest BCUT2D eigenvalue weighted by Crippen LogP contribution is 2.29. The van der Waals surface area contributed by atoms with E-state index in [0.29, 0.717) is 24.8 Å². The number of benzene rings is 1. The van der Waals surface area contributed by atoms with Gasteiger partial charge in [-0.2, -0.15) is 4.98 Å². The number of hydrogen-bond donors (Lipinski definition) is 0. The Morgan fingerprint density at radius 2 is 2.11 bits per heavy atom. The van der Waals surface area contributed by atoms with Gasteiger partial charge in [0.25, 0.3) is 11.6 Å². The van der Waals surface area contributed by atoms with E-state index in [0.717, 1.165) is 18.4 Å². The number of pyridine rings is 1.